The first-order chi connectivity index (χ1) is 10.8. The molecule has 0 bridgehead atoms. The van der Waals surface area contributed by atoms with Gasteiger partial charge in [-0.15, -0.1) is 0 Å². The van der Waals surface area contributed by atoms with Crippen molar-refractivity contribution in [1.29, 1.82) is 0 Å². The van der Waals surface area contributed by atoms with Gasteiger partial charge in [0.2, 0.25) is 0 Å². The van der Waals surface area contributed by atoms with E-state index >= 15 is 0 Å². The van der Waals surface area contributed by atoms with Gasteiger partial charge in [-0.05, 0) is 30.3 Å². The molecule has 0 saturated carbocycles. The van der Waals surface area contributed by atoms with Crippen molar-refractivity contribution in [2.24, 2.45) is 0 Å². The van der Waals surface area contributed by atoms with Crippen molar-refractivity contribution in [2.75, 3.05) is 0 Å². The Morgan fingerprint density at radius 2 is 1.91 bits per heavy atom. The van der Waals surface area contributed by atoms with Crippen LogP contribution < -0.4 is 0 Å². The number of nitrogens with one attached hydrogen (secondary N) is 1. The summed E-state index contributed by atoms with van der Waals surface area (Å²) in [5, 5.41) is 18.9. The highest BCUT2D eigenvalue weighted by molar-refractivity contribution is 6.01. The van der Waals surface area contributed by atoms with Crippen LogP contribution in [0.1, 0.15) is 15.9 Å². The van der Waals surface area contributed by atoms with E-state index < -0.39 is 23.5 Å². The molecule has 0 aliphatic heterocycles. The molecule has 0 saturated heterocycles. The van der Waals surface area contributed by atoms with E-state index in [4.69, 9.17) is 5.11 Å². The lowest BCUT2D eigenvalue weighted by Crippen LogP contribution is -2.04. The number of carboxylic acids is 1. The Hall–Kier alpha value is -3.03. The molecule has 0 amide bonds. The quantitative estimate of drug-likeness (QED) is 0.672. The number of aromatic nitrogens is 2. The van der Waals surface area contributed by atoms with Gasteiger partial charge in [-0.25, -0.2) is 9.78 Å². The summed E-state index contributed by atoms with van der Waals surface area (Å²) in [6.45, 7) is 0. The number of para-hydroxylation sites is 1. The number of carboxylic acid groups (broad SMARTS) is 1. The number of phenols is 1. The van der Waals surface area contributed by atoms with E-state index in [-0.39, 0.29) is 22.5 Å². The molecular formula is C15H9F3N2O3. The highest BCUT2D eigenvalue weighted by atomic mass is 19.4. The zero-order valence-electron chi connectivity index (χ0n) is 11.3. The van der Waals surface area contributed by atoms with E-state index in [1.54, 1.807) is 6.07 Å². The van der Waals surface area contributed by atoms with Crippen molar-refractivity contribution >= 4 is 17.0 Å². The number of hydrogen-bond donors (Lipinski definition) is 3. The molecule has 1 heterocycles. The molecule has 0 fully saturated rings. The Labute approximate surface area is 127 Å². The predicted molar refractivity (Wildman–Crippen MR) is 75.2 cm³/mol. The highest BCUT2D eigenvalue weighted by Gasteiger charge is 2.31. The molecule has 0 spiro atoms. The predicted octanol–water partition coefficient (Wildman–Crippen LogP) is 3.65. The number of aromatic carboxylic acids is 1. The van der Waals surface area contributed by atoms with Gasteiger partial charge in [0, 0.05) is 0 Å². The molecule has 0 atom stereocenters. The fraction of sp³-hybridized carbons (Fsp3) is 0.0667. The summed E-state index contributed by atoms with van der Waals surface area (Å²) in [5.41, 5.74) is -0.739. The third-order valence-electron chi connectivity index (χ3n) is 3.32. The van der Waals surface area contributed by atoms with Crippen molar-refractivity contribution in [3.63, 3.8) is 0 Å². The van der Waals surface area contributed by atoms with Crippen molar-refractivity contribution in [2.45, 2.75) is 6.18 Å². The van der Waals surface area contributed by atoms with Crippen LogP contribution in [-0.4, -0.2) is 26.2 Å². The SMILES string of the molecule is O=C(O)c1cccc2[nH]c(-c3cc(C(F)(F)F)ccc3O)nc12. The van der Waals surface area contributed by atoms with E-state index in [9.17, 15) is 23.1 Å². The molecule has 8 heteroatoms. The van der Waals surface area contributed by atoms with Gasteiger partial charge < -0.3 is 15.2 Å². The minimum absolute atomic E-state index is 0.0442. The molecule has 1 aromatic heterocycles. The van der Waals surface area contributed by atoms with Crippen molar-refractivity contribution in [1.82, 2.24) is 9.97 Å². The number of phenolic OH excluding ortho intramolecular Hbond substituents is 1. The number of H-pyrrole nitrogens is 1. The standard InChI is InChI=1S/C15H9F3N2O3/c16-15(17,18)7-4-5-11(21)9(6-7)13-19-10-3-1-2-8(14(22)23)12(10)20-13/h1-6,21H,(H,19,20)(H,22,23). The van der Waals surface area contributed by atoms with Gasteiger partial charge in [0.05, 0.1) is 22.2 Å². The van der Waals surface area contributed by atoms with Gasteiger partial charge in [0.15, 0.2) is 0 Å². The fourth-order valence-electron chi connectivity index (χ4n) is 2.23. The zero-order chi connectivity index (χ0) is 16.8. The van der Waals surface area contributed by atoms with Gasteiger partial charge in [0.1, 0.15) is 17.1 Å². The summed E-state index contributed by atoms with van der Waals surface area (Å²) >= 11 is 0. The van der Waals surface area contributed by atoms with E-state index in [0.717, 1.165) is 18.2 Å². The minimum Gasteiger partial charge on any atom is -0.507 e. The highest BCUT2D eigenvalue weighted by Crippen LogP contribution is 2.36. The van der Waals surface area contributed by atoms with E-state index in [1.807, 2.05) is 0 Å². The Kier molecular flexibility index (Phi) is 3.24. The maximum absolute atomic E-state index is 12.8. The van der Waals surface area contributed by atoms with Crippen LogP contribution >= 0.6 is 0 Å². The molecule has 0 aliphatic carbocycles. The van der Waals surface area contributed by atoms with Crippen LogP contribution in [0, 0.1) is 0 Å². The van der Waals surface area contributed by atoms with E-state index in [1.165, 1.54) is 12.1 Å². The number of aromatic amines is 1. The first-order valence-electron chi connectivity index (χ1n) is 6.40. The van der Waals surface area contributed by atoms with Crippen molar-refractivity contribution in [3.8, 4) is 17.1 Å². The number of fused-ring (bicyclic) bond motifs is 1. The lowest BCUT2D eigenvalue weighted by molar-refractivity contribution is -0.137. The maximum Gasteiger partial charge on any atom is 0.416 e. The second kappa shape index (κ2) is 5.01. The summed E-state index contributed by atoms with van der Waals surface area (Å²) in [6, 6.07) is 6.80. The molecule has 118 valence electrons. The van der Waals surface area contributed by atoms with Gasteiger partial charge in [-0.2, -0.15) is 13.2 Å². The van der Waals surface area contributed by atoms with Crippen LogP contribution in [-0.2, 0) is 6.18 Å². The lowest BCUT2D eigenvalue weighted by Gasteiger charge is -2.09. The van der Waals surface area contributed by atoms with Gasteiger partial charge in [0.25, 0.3) is 0 Å². The largest absolute Gasteiger partial charge is 0.507 e. The van der Waals surface area contributed by atoms with Crippen LogP contribution in [0.4, 0.5) is 13.2 Å². The molecule has 3 N–H and O–H groups in total. The zero-order valence-corrected chi connectivity index (χ0v) is 11.3. The van der Waals surface area contributed by atoms with E-state index in [2.05, 4.69) is 9.97 Å². The average molecular weight is 322 g/mol. The first-order valence-corrected chi connectivity index (χ1v) is 6.40. The van der Waals surface area contributed by atoms with Gasteiger partial charge in [-0.1, -0.05) is 6.07 Å². The molecule has 0 aliphatic rings. The molecule has 2 aromatic carbocycles. The van der Waals surface area contributed by atoms with Crippen molar-refractivity contribution < 1.29 is 28.2 Å². The second-order valence-corrected chi connectivity index (χ2v) is 4.82. The Morgan fingerprint density at radius 3 is 2.57 bits per heavy atom. The fourth-order valence-corrected chi connectivity index (χ4v) is 2.23. The molecule has 5 nitrogen and oxygen atoms in total. The number of alkyl halides is 3. The van der Waals surface area contributed by atoms with Gasteiger partial charge >= 0.3 is 12.1 Å². The van der Waals surface area contributed by atoms with Crippen molar-refractivity contribution in [3.05, 3.63) is 47.5 Å². The summed E-state index contributed by atoms with van der Waals surface area (Å²) < 4.78 is 38.4. The number of nitrogens with zero attached hydrogens (tertiary/aromatic N) is 1. The van der Waals surface area contributed by atoms with Crippen LogP contribution in [0.5, 0.6) is 5.75 Å². The maximum atomic E-state index is 12.8. The number of hydrogen-bond acceptors (Lipinski definition) is 3. The summed E-state index contributed by atoms with van der Waals surface area (Å²) in [6.07, 6.45) is -4.57. The van der Waals surface area contributed by atoms with Crippen LogP contribution in [0.2, 0.25) is 0 Å². The molecule has 3 aromatic rings. The first kappa shape index (κ1) is 14.9. The molecular weight excluding hydrogens is 313 g/mol. The molecule has 23 heavy (non-hydrogen) atoms. The lowest BCUT2D eigenvalue weighted by atomic mass is 10.1. The smallest absolute Gasteiger partial charge is 0.416 e. The van der Waals surface area contributed by atoms with Gasteiger partial charge in [-0.3, -0.25) is 0 Å². The summed E-state index contributed by atoms with van der Waals surface area (Å²) in [7, 11) is 0. The third-order valence-corrected chi connectivity index (χ3v) is 3.32. The van der Waals surface area contributed by atoms with Crippen LogP contribution in [0.15, 0.2) is 36.4 Å². The van der Waals surface area contributed by atoms with Crippen LogP contribution in [0.25, 0.3) is 22.4 Å². The van der Waals surface area contributed by atoms with Crippen LogP contribution in [0.3, 0.4) is 0 Å². The number of carbonyl (C=O) groups is 1. The summed E-state index contributed by atoms with van der Waals surface area (Å²) in [5.74, 6) is -1.65. The number of halogens is 3. The van der Waals surface area contributed by atoms with E-state index in [0.29, 0.717) is 5.52 Å². The second-order valence-electron chi connectivity index (χ2n) is 4.82. The third kappa shape index (κ3) is 2.59. The monoisotopic (exact) mass is 322 g/mol. The Balaban J connectivity index is 2.21. The Morgan fingerprint density at radius 1 is 1.17 bits per heavy atom. The average Bonchev–Trinajstić information content (AvgIpc) is 2.89. The minimum atomic E-state index is -4.57. The number of benzene rings is 2. The number of rotatable bonds is 2. The normalized spacial score (nSPS) is 11.8. The number of aromatic hydroxyl groups is 1. The molecule has 0 unspecified atom stereocenters. The topological polar surface area (TPSA) is 86.2 Å². The summed E-state index contributed by atoms with van der Waals surface area (Å²) in [4.78, 5) is 17.9. The number of imidazole rings is 1. The molecule has 3 rings (SSSR count). The molecule has 0 radical (unpaired) electrons. The Bertz CT molecular complexity index is 916.